The second kappa shape index (κ2) is 6.70. The van der Waals surface area contributed by atoms with Gasteiger partial charge in [-0.1, -0.05) is 19.1 Å². The number of rotatable bonds is 5. The Kier molecular flexibility index (Phi) is 6.29. The van der Waals surface area contributed by atoms with Gasteiger partial charge in [0, 0.05) is 19.5 Å². The maximum absolute atomic E-state index is 11.2. The molecular formula is C11H21NO. The molecule has 76 valence electrons. The topological polar surface area (TPSA) is 20.3 Å². The van der Waals surface area contributed by atoms with Crippen molar-refractivity contribution in [3.63, 3.8) is 0 Å². The van der Waals surface area contributed by atoms with E-state index < -0.39 is 0 Å². The first-order valence-electron chi connectivity index (χ1n) is 5.05. The van der Waals surface area contributed by atoms with Crippen molar-refractivity contribution in [1.29, 1.82) is 0 Å². The highest BCUT2D eigenvalue weighted by atomic mass is 16.2. The molecule has 0 aliphatic rings. The minimum absolute atomic E-state index is 0.167. The van der Waals surface area contributed by atoms with E-state index in [0.29, 0.717) is 6.04 Å². The SMILES string of the molecule is CCC=CCC(C)N(CC)C(C)=O. The summed E-state index contributed by atoms with van der Waals surface area (Å²) in [4.78, 5) is 13.0. The molecule has 0 rings (SSSR count). The second-order valence-corrected chi connectivity index (χ2v) is 3.27. The molecule has 0 heterocycles. The molecule has 2 nitrogen and oxygen atoms in total. The van der Waals surface area contributed by atoms with Crippen LogP contribution in [0.1, 0.15) is 40.5 Å². The number of hydrogen-bond donors (Lipinski definition) is 0. The Balaban J connectivity index is 3.98. The molecule has 0 aliphatic carbocycles. The molecule has 0 N–H and O–H groups in total. The smallest absolute Gasteiger partial charge is 0.219 e. The van der Waals surface area contributed by atoms with Crippen LogP contribution in [0.3, 0.4) is 0 Å². The maximum atomic E-state index is 11.2. The highest BCUT2D eigenvalue weighted by molar-refractivity contribution is 5.73. The molecule has 1 amide bonds. The summed E-state index contributed by atoms with van der Waals surface area (Å²) < 4.78 is 0. The Morgan fingerprint density at radius 1 is 1.38 bits per heavy atom. The van der Waals surface area contributed by atoms with Gasteiger partial charge in [-0.15, -0.1) is 0 Å². The summed E-state index contributed by atoms with van der Waals surface area (Å²) >= 11 is 0. The van der Waals surface area contributed by atoms with Crippen LogP contribution < -0.4 is 0 Å². The lowest BCUT2D eigenvalue weighted by molar-refractivity contribution is -0.130. The summed E-state index contributed by atoms with van der Waals surface area (Å²) in [6.45, 7) is 8.65. The average molecular weight is 183 g/mol. The Morgan fingerprint density at radius 3 is 2.38 bits per heavy atom. The summed E-state index contributed by atoms with van der Waals surface area (Å²) in [5.41, 5.74) is 0. The van der Waals surface area contributed by atoms with Crippen LogP contribution in [-0.4, -0.2) is 23.4 Å². The Bertz CT molecular complexity index is 175. The Morgan fingerprint density at radius 2 is 2.00 bits per heavy atom. The van der Waals surface area contributed by atoms with Gasteiger partial charge in [-0.25, -0.2) is 0 Å². The van der Waals surface area contributed by atoms with E-state index in [0.717, 1.165) is 19.4 Å². The van der Waals surface area contributed by atoms with Gasteiger partial charge in [-0.05, 0) is 26.7 Å². The molecule has 0 bridgehead atoms. The molecule has 0 saturated heterocycles. The first kappa shape index (κ1) is 12.2. The van der Waals surface area contributed by atoms with Gasteiger partial charge in [0.05, 0.1) is 0 Å². The minimum atomic E-state index is 0.167. The molecule has 0 radical (unpaired) electrons. The fourth-order valence-corrected chi connectivity index (χ4v) is 1.43. The van der Waals surface area contributed by atoms with Crippen molar-refractivity contribution in [2.45, 2.75) is 46.6 Å². The summed E-state index contributed by atoms with van der Waals surface area (Å²) in [5.74, 6) is 0.167. The standard InChI is InChI=1S/C11H21NO/c1-5-7-8-9-10(3)12(6-2)11(4)13/h7-8,10H,5-6,9H2,1-4H3. The number of carbonyl (C=O) groups is 1. The van der Waals surface area contributed by atoms with E-state index in [9.17, 15) is 4.79 Å². The van der Waals surface area contributed by atoms with Crippen LogP contribution >= 0.6 is 0 Å². The fourth-order valence-electron chi connectivity index (χ4n) is 1.43. The van der Waals surface area contributed by atoms with Crippen molar-refractivity contribution >= 4 is 5.91 Å². The molecule has 0 fully saturated rings. The molecule has 0 aromatic carbocycles. The van der Waals surface area contributed by atoms with Crippen molar-refractivity contribution in [2.24, 2.45) is 0 Å². The van der Waals surface area contributed by atoms with Crippen molar-refractivity contribution < 1.29 is 4.79 Å². The van der Waals surface area contributed by atoms with Crippen LogP contribution in [0.5, 0.6) is 0 Å². The van der Waals surface area contributed by atoms with Crippen LogP contribution in [0.15, 0.2) is 12.2 Å². The third-order valence-corrected chi connectivity index (χ3v) is 2.16. The van der Waals surface area contributed by atoms with Gasteiger partial charge in [0.15, 0.2) is 0 Å². The van der Waals surface area contributed by atoms with Crippen LogP contribution in [0, 0.1) is 0 Å². The molecular weight excluding hydrogens is 162 g/mol. The quantitative estimate of drug-likeness (QED) is 0.600. The Labute approximate surface area is 81.6 Å². The predicted octanol–water partition coefficient (Wildman–Crippen LogP) is 2.60. The summed E-state index contributed by atoms with van der Waals surface area (Å²) in [6, 6.07) is 0.324. The fraction of sp³-hybridized carbons (Fsp3) is 0.727. The summed E-state index contributed by atoms with van der Waals surface area (Å²) in [6.07, 6.45) is 6.32. The second-order valence-electron chi connectivity index (χ2n) is 3.27. The molecule has 1 unspecified atom stereocenters. The van der Waals surface area contributed by atoms with Gasteiger partial charge >= 0.3 is 0 Å². The molecule has 2 heteroatoms. The number of hydrogen-bond acceptors (Lipinski definition) is 1. The Hall–Kier alpha value is -0.790. The first-order valence-corrected chi connectivity index (χ1v) is 5.05. The van der Waals surface area contributed by atoms with Gasteiger partial charge in [0.2, 0.25) is 5.91 Å². The maximum Gasteiger partial charge on any atom is 0.219 e. The van der Waals surface area contributed by atoms with Crippen molar-refractivity contribution in [1.82, 2.24) is 4.90 Å². The number of carbonyl (C=O) groups excluding carboxylic acids is 1. The molecule has 0 spiro atoms. The molecule has 0 aromatic rings. The van der Waals surface area contributed by atoms with E-state index in [4.69, 9.17) is 0 Å². The van der Waals surface area contributed by atoms with Gasteiger partial charge in [0.25, 0.3) is 0 Å². The molecule has 13 heavy (non-hydrogen) atoms. The lowest BCUT2D eigenvalue weighted by atomic mass is 10.2. The molecule has 0 saturated carbocycles. The lowest BCUT2D eigenvalue weighted by Gasteiger charge is -2.25. The van der Waals surface area contributed by atoms with Crippen molar-refractivity contribution in [3.05, 3.63) is 12.2 Å². The van der Waals surface area contributed by atoms with Crippen LogP contribution in [0.25, 0.3) is 0 Å². The molecule has 0 aromatic heterocycles. The van der Waals surface area contributed by atoms with Crippen LogP contribution in [0.4, 0.5) is 0 Å². The molecule has 1 atom stereocenters. The van der Waals surface area contributed by atoms with Crippen molar-refractivity contribution in [3.8, 4) is 0 Å². The van der Waals surface area contributed by atoms with Crippen LogP contribution in [-0.2, 0) is 4.79 Å². The molecule has 0 aliphatic heterocycles. The monoisotopic (exact) mass is 183 g/mol. The third kappa shape index (κ3) is 4.71. The zero-order valence-electron chi connectivity index (χ0n) is 9.21. The highest BCUT2D eigenvalue weighted by Crippen LogP contribution is 2.04. The highest BCUT2D eigenvalue weighted by Gasteiger charge is 2.12. The lowest BCUT2D eigenvalue weighted by Crippen LogP contribution is -2.36. The van der Waals surface area contributed by atoms with Gasteiger partial charge in [-0.2, -0.15) is 0 Å². The van der Waals surface area contributed by atoms with Crippen LogP contribution in [0.2, 0.25) is 0 Å². The van der Waals surface area contributed by atoms with Gasteiger partial charge < -0.3 is 4.90 Å². The number of allylic oxidation sites excluding steroid dienone is 1. The number of amides is 1. The van der Waals surface area contributed by atoms with E-state index in [-0.39, 0.29) is 5.91 Å². The van der Waals surface area contributed by atoms with Crippen molar-refractivity contribution in [2.75, 3.05) is 6.54 Å². The van der Waals surface area contributed by atoms with Gasteiger partial charge in [-0.3, -0.25) is 4.79 Å². The number of nitrogens with zero attached hydrogens (tertiary/aromatic N) is 1. The zero-order valence-corrected chi connectivity index (χ0v) is 9.21. The van der Waals surface area contributed by atoms with E-state index >= 15 is 0 Å². The average Bonchev–Trinajstić information content (AvgIpc) is 2.05. The van der Waals surface area contributed by atoms with E-state index in [1.54, 1.807) is 6.92 Å². The predicted molar refractivity (Wildman–Crippen MR) is 56.6 cm³/mol. The zero-order chi connectivity index (χ0) is 10.3. The third-order valence-electron chi connectivity index (χ3n) is 2.16. The van der Waals surface area contributed by atoms with E-state index in [2.05, 4.69) is 26.0 Å². The first-order chi connectivity index (χ1) is 6.13. The summed E-state index contributed by atoms with van der Waals surface area (Å²) in [7, 11) is 0. The van der Waals surface area contributed by atoms with E-state index in [1.807, 2.05) is 11.8 Å². The minimum Gasteiger partial charge on any atom is -0.340 e. The normalized spacial score (nSPS) is 13.2. The largest absolute Gasteiger partial charge is 0.340 e. The van der Waals surface area contributed by atoms with E-state index in [1.165, 1.54) is 0 Å². The van der Waals surface area contributed by atoms with Gasteiger partial charge in [0.1, 0.15) is 0 Å². The summed E-state index contributed by atoms with van der Waals surface area (Å²) in [5, 5.41) is 0.